The van der Waals surface area contributed by atoms with Crippen LogP contribution >= 0.6 is 11.6 Å². The van der Waals surface area contributed by atoms with Crippen molar-refractivity contribution < 1.29 is 4.74 Å². The summed E-state index contributed by atoms with van der Waals surface area (Å²) in [5, 5.41) is 3.87. The van der Waals surface area contributed by atoms with Gasteiger partial charge < -0.3 is 10.1 Å². The van der Waals surface area contributed by atoms with Gasteiger partial charge in [0.05, 0.1) is 5.02 Å². The van der Waals surface area contributed by atoms with Crippen molar-refractivity contribution in [3.63, 3.8) is 0 Å². The second-order valence-corrected chi connectivity index (χ2v) is 4.04. The Morgan fingerprint density at radius 3 is 2.81 bits per heavy atom. The number of unbranched alkanes of at least 4 members (excludes halogenated alkanes) is 1. The SMILES string of the molecule is CCCCOCCCNc1ccc(Cl)cn1. The first-order chi connectivity index (χ1) is 7.83. The molecule has 16 heavy (non-hydrogen) atoms. The number of pyridine rings is 1. The van der Waals surface area contributed by atoms with Gasteiger partial charge >= 0.3 is 0 Å². The quantitative estimate of drug-likeness (QED) is 0.710. The standard InChI is InChI=1S/C12H19ClN2O/c1-2-3-8-16-9-4-7-14-12-6-5-11(13)10-15-12/h5-6,10H,2-4,7-9H2,1H3,(H,14,15). The number of halogens is 1. The third-order valence-corrected chi connectivity index (χ3v) is 2.36. The lowest BCUT2D eigenvalue weighted by Crippen LogP contribution is -2.07. The highest BCUT2D eigenvalue weighted by molar-refractivity contribution is 6.30. The second-order valence-electron chi connectivity index (χ2n) is 3.61. The van der Waals surface area contributed by atoms with E-state index in [0.717, 1.165) is 38.4 Å². The molecule has 3 nitrogen and oxygen atoms in total. The summed E-state index contributed by atoms with van der Waals surface area (Å²) in [5.74, 6) is 0.859. The van der Waals surface area contributed by atoms with Crippen LogP contribution in [0.25, 0.3) is 0 Å². The van der Waals surface area contributed by atoms with Crippen LogP contribution in [0, 0.1) is 0 Å². The van der Waals surface area contributed by atoms with Crippen molar-refractivity contribution in [3.8, 4) is 0 Å². The third-order valence-electron chi connectivity index (χ3n) is 2.14. The normalized spacial score (nSPS) is 10.4. The van der Waals surface area contributed by atoms with Gasteiger partial charge in [0.2, 0.25) is 0 Å². The monoisotopic (exact) mass is 242 g/mol. The fourth-order valence-corrected chi connectivity index (χ4v) is 1.33. The largest absolute Gasteiger partial charge is 0.381 e. The van der Waals surface area contributed by atoms with Gasteiger partial charge in [-0.2, -0.15) is 0 Å². The van der Waals surface area contributed by atoms with Gasteiger partial charge in [0.15, 0.2) is 0 Å². The molecule has 0 aliphatic rings. The maximum absolute atomic E-state index is 5.73. The second kappa shape index (κ2) is 8.36. The van der Waals surface area contributed by atoms with E-state index in [-0.39, 0.29) is 0 Å². The summed E-state index contributed by atoms with van der Waals surface area (Å²) in [6.07, 6.45) is 4.97. The Morgan fingerprint density at radius 2 is 2.12 bits per heavy atom. The molecule has 0 aliphatic heterocycles. The molecule has 4 heteroatoms. The number of aromatic nitrogens is 1. The molecule has 0 radical (unpaired) electrons. The fourth-order valence-electron chi connectivity index (χ4n) is 1.22. The molecule has 0 aliphatic carbocycles. The first kappa shape index (κ1) is 13.3. The van der Waals surface area contributed by atoms with Gasteiger partial charge in [-0.05, 0) is 25.0 Å². The van der Waals surface area contributed by atoms with Crippen LogP contribution in [0.3, 0.4) is 0 Å². The molecular formula is C12H19ClN2O. The van der Waals surface area contributed by atoms with Crippen molar-refractivity contribution in [1.82, 2.24) is 4.98 Å². The number of nitrogens with zero attached hydrogens (tertiary/aromatic N) is 1. The molecule has 0 saturated carbocycles. The van der Waals surface area contributed by atoms with E-state index >= 15 is 0 Å². The summed E-state index contributed by atoms with van der Waals surface area (Å²) in [6.45, 7) is 4.72. The summed E-state index contributed by atoms with van der Waals surface area (Å²) in [7, 11) is 0. The minimum Gasteiger partial charge on any atom is -0.381 e. The van der Waals surface area contributed by atoms with Crippen molar-refractivity contribution in [3.05, 3.63) is 23.4 Å². The lowest BCUT2D eigenvalue weighted by atomic mass is 10.3. The van der Waals surface area contributed by atoms with Crippen LogP contribution in [0.15, 0.2) is 18.3 Å². The molecule has 0 amide bonds. The highest BCUT2D eigenvalue weighted by Gasteiger charge is 1.93. The predicted octanol–water partition coefficient (Wildman–Crippen LogP) is 3.35. The molecule has 0 unspecified atom stereocenters. The molecule has 0 fully saturated rings. The summed E-state index contributed by atoms with van der Waals surface area (Å²) in [5.41, 5.74) is 0. The average Bonchev–Trinajstić information content (AvgIpc) is 2.30. The fraction of sp³-hybridized carbons (Fsp3) is 0.583. The van der Waals surface area contributed by atoms with Crippen molar-refractivity contribution in [2.24, 2.45) is 0 Å². The maximum atomic E-state index is 5.73. The first-order valence-electron chi connectivity index (χ1n) is 5.76. The Kier molecular flexibility index (Phi) is 6.93. The van der Waals surface area contributed by atoms with E-state index in [4.69, 9.17) is 16.3 Å². The Bertz CT molecular complexity index is 277. The molecule has 1 heterocycles. The Balaban J connectivity index is 2.01. The number of rotatable bonds is 8. The summed E-state index contributed by atoms with van der Waals surface area (Å²) >= 11 is 5.73. The predicted molar refractivity (Wildman–Crippen MR) is 68.1 cm³/mol. The molecule has 1 rings (SSSR count). The van der Waals surface area contributed by atoms with Gasteiger partial charge in [0.1, 0.15) is 5.82 Å². The van der Waals surface area contributed by atoms with Crippen LogP contribution in [-0.2, 0) is 4.74 Å². The van der Waals surface area contributed by atoms with Gasteiger partial charge in [0.25, 0.3) is 0 Å². The zero-order valence-corrected chi connectivity index (χ0v) is 10.5. The Labute approximate surface area is 102 Å². The highest BCUT2D eigenvalue weighted by atomic mass is 35.5. The van der Waals surface area contributed by atoms with E-state index < -0.39 is 0 Å². The summed E-state index contributed by atoms with van der Waals surface area (Å²) in [6, 6.07) is 3.70. The zero-order valence-electron chi connectivity index (χ0n) is 9.71. The molecule has 90 valence electrons. The van der Waals surface area contributed by atoms with Crippen LogP contribution in [0.5, 0.6) is 0 Å². The topological polar surface area (TPSA) is 34.1 Å². The van der Waals surface area contributed by atoms with Gasteiger partial charge in [-0.25, -0.2) is 4.98 Å². The van der Waals surface area contributed by atoms with Crippen molar-refractivity contribution in [2.45, 2.75) is 26.2 Å². The van der Waals surface area contributed by atoms with Crippen molar-refractivity contribution >= 4 is 17.4 Å². The molecule has 0 spiro atoms. The molecule has 0 bridgehead atoms. The Morgan fingerprint density at radius 1 is 1.31 bits per heavy atom. The first-order valence-corrected chi connectivity index (χ1v) is 6.14. The van der Waals surface area contributed by atoms with Crippen LogP contribution in [0.4, 0.5) is 5.82 Å². The average molecular weight is 243 g/mol. The van der Waals surface area contributed by atoms with E-state index in [1.807, 2.05) is 12.1 Å². The number of ether oxygens (including phenoxy) is 1. The van der Waals surface area contributed by atoms with E-state index in [1.54, 1.807) is 6.20 Å². The van der Waals surface area contributed by atoms with Gasteiger partial charge in [-0.1, -0.05) is 24.9 Å². The maximum Gasteiger partial charge on any atom is 0.125 e. The van der Waals surface area contributed by atoms with Crippen LogP contribution in [0.2, 0.25) is 5.02 Å². The lowest BCUT2D eigenvalue weighted by molar-refractivity contribution is 0.131. The van der Waals surface area contributed by atoms with E-state index in [2.05, 4.69) is 17.2 Å². The third kappa shape index (κ3) is 5.93. The van der Waals surface area contributed by atoms with E-state index in [9.17, 15) is 0 Å². The molecule has 0 saturated heterocycles. The molecule has 1 aromatic heterocycles. The Hall–Kier alpha value is -0.800. The smallest absolute Gasteiger partial charge is 0.125 e. The summed E-state index contributed by atoms with van der Waals surface area (Å²) in [4.78, 5) is 4.14. The van der Waals surface area contributed by atoms with Crippen LogP contribution in [0.1, 0.15) is 26.2 Å². The number of nitrogens with one attached hydrogen (secondary N) is 1. The molecular weight excluding hydrogens is 224 g/mol. The zero-order chi connectivity index (χ0) is 11.6. The minimum atomic E-state index is 0.661. The van der Waals surface area contributed by atoms with Crippen LogP contribution in [-0.4, -0.2) is 24.7 Å². The van der Waals surface area contributed by atoms with E-state index in [1.165, 1.54) is 6.42 Å². The number of anilines is 1. The van der Waals surface area contributed by atoms with Gasteiger partial charge in [0, 0.05) is 26.0 Å². The van der Waals surface area contributed by atoms with Crippen molar-refractivity contribution in [2.75, 3.05) is 25.1 Å². The van der Waals surface area contributed by atoms with E-state index in [0.29, 0.717) is 5.02 Å². The number of hydrogen-bond acceptors (Lipinski definition) is 3. The molecule has 0 aromatic carbocycles. The lowest BCUT2D eigenvalue weighted by Gasteiger charge is -2.06. The molecule has 1 N–H and O–H groups in total. The minimum absolute atomic E-state index is 0.661. The van der Waals surface area contributed by atoms with Crippen molar-refractivity contribution in [1.29, 1.82) is 0 Å². The van der Waals surface area contributed by atoms with Gasteiger partial charge in [-0.15, -0.1) is 0 Å². The van der Waals surface area contributed by atoms with Crippen LogP contribution < -0.4 is 5.32 Å². The highest BCUT2D eigenvalue weighted by Crippen LogP contribution is 2.09. The molecule has 1 aromatic rings. The number of hydrogen-bond donors (Lipinski definition) is 1. The molecule has 0 atom stereocenters. The van der Waals surface area contributed by atoms with Gasteiger partial charge in [-0.3, -0.25) is 0 Å². The summed E-state index contributed by atoms with van der Waals surface area (Å²) < 4.78 is 5.45.